The number of nitrogens with zero attached hydrogens (tertiary/aromatic N) is 1. The molecule has 1 aromatic carbocycles. The molecule has 26 heavy (non-hydrogen) atoms. The molecule has 0 bridgehead atoms. The Bertz CT molecular complexity index is 954. The first-order valence-corrected chi connectivity index (χ1v) is 9.49. The first-order chi connectivity index (χ1) is 12.6. The SMILES string of the molecule is Cc1cnc2c(c1)C(c1ccc3c(c1)C1(CCCCC1)NC3=O)=C[C@@H]2N. The number of aryl methyl sites for hydroxylation is 1. The van der Waals surface area contributed by atoms with E-state index in [2.05, 4.69) is 41.5 Å². The number of amides is 1. The number of nitrogens with two attached hydrogens (primary N) is 1. The molecular formula is C22H23N3O. The minimum absolute atomic E-state index is 0.0727. The molecule has 0 saturated heterocycles. The van der Waals surface area contributed by atoms with Gasteiger partial charge >= 0.3 is 0 Å². The van der Waals surface area contributed by atoms with E-state index in [-0.39, 0.29) is 17.5 Å². The predicted molar refractivity (Wildman–Crippen MR) is 102 cm³/mol. The number of nitrogens with one attached hydrogen (secondary N) is 1. The van der Waals surface area contributed by atoms with Crippen LogP contribution in [0, 0.1) is 6.92 Å². The molecule has 2 aliphatic carbocycles. The van der Waals surface area contributed by atoms with Crippen molar-refractivity contribution in [3.63, 3.8) is 0 Å². The summed E-state index contributed by atoms with van der Waals surface area (Å²) in [5, 5.41) is 3.29. The van der Waals surface area contributed by atoms with Crippen LogP contribution in [0.1, 0.15) is 76.5 Å². The zero-order valence-corrected chi connectivity index (χ0v) is 15.0. The molecular weight excluding hydrogens is 322 g/mol. The third kappa shape index (κ3) is 2.18. The Morgan fingerprint density at radius 1 is 1.15 bits per heavy atom. The lowest BCUT2D eigenvalue weighted by atomic mass is 9.76. The van der Waals surface area contributed by atoms with Crippen LogP contribution in [0.25, 0.3) is 5.57 Å². The molecule has 2 heterocycles. The van der Waals surface area contributed by atoms with Gasteiger partial charge in [-0.15, -0.1) is 0 Å². The quantitative estimate of drug-likeness (QED) is 0.827. The molecule has 1 atom stereocenters. The molecule has 4 heteroatoms. The number of fused-ring (bicyclic) bond motifs is 3. The van der Waals surface area contributed by atoms with Gasteiger partial charge in [0.1, 0.15) is 0 Å². The van der Waals surface area contributed by atoms with E-state index >= 15 is 0 Å². The monoisotopic (exact) mass is 345 g/mol. The summed E-state index contributed by atoms with van der Waals surface area (Å²) in [5.74, 6) is 0.0727. The van der Waals surface area contributed by atoms with Crippen LogP contribution in [-0.2, 0) is 5.54 Å². The molecule has 1 amide bonds. The van der Waals surface area contributed by atoms with Gasteiger partial charge in [0.15, 0.2) is 0 Å². The van der Waals surface area contributed by atoms with Crippen LogP contribution in [0.15, 0.2) is 36.5 Å². The number of benzene rings is 1. The van der Waals surface area contributed by atoms with E-state index in [0.717, 1.165) is 46.4 Å². The molecule has 1 aromatic heterocycles. The summed E-state index contributed by atoms with van der Waals surface area (Å²) < 4.78 is 0. The Hall–Kier alpha value is -2.46. The zero-order valence-electron chi connectivity index (χ0n) is 15.0. The van der Waals surface area contributed by atoms with Gasteiger partial charge in [0, 0.05) is 17.3 Å². The van der Waals surface area contributed by atoms with Crippen molar-refractivity contribution in [3.8, 4) is 0 Å². The summed E-state index contributed by atoms with van der Waals surface area (Å²) in [6.07, 6.45) is 9.63. The lowest BCUT2D eigenvalue weighted by molar-refractivity contribution is 0.0909. The maximum absolute atomic E-state index is 12.5. The number of aromatic nitrogens is 1. The van der Waals surface area contributed by atoms with Crippen molar-refractivity contribution in [1.82, 2.24) is 10.3 Å². The van der Waals surface area contributed by atoms with E-state index < -0.39 is 0 Å². The van der Waals surface area contributed by atoms with Gasteiger partial charge in [-0.05, 0) is 60.2 Å². The summed E-state index contributed by atoms with van der Waals surface area (Å²) in [4.78, 5) is 17.1. The third-order valence-corrected chi connectivity index (χ3v) is 6.16. The third-order valence-electron chi connectivity index (χ3n) is 6.16. The van der Waals surface area contributed by atoms with Gasteiger partial charge in [-0.1, -0.05) is 31.4 Å². The second-order valence-corrected chi connectivity index (χ2v) is 7.91. The Kier molecular flexibility index (Phi) is 3.35. The number of carbonyl (C=O) groups is 1. The molecule has 3 aliphatic rings. The second kappa shape index (κ2) is 5.52. The normalized spacial score (nSPS) is 22.8. The number of rotatable bonds is 1. The number of hydrogen-bond acceptors (Lipinski definition) is 3. The van der Waals surface area contributed by atoms with Crippen LogP contribution in [0.4, 0.5) is 0 Å². The number of pyridine rings is 1. The highest BCUT2D eigenvalue weighted by Gasteiger charge is 2.43. The molecule has 0 unspecified atom stereocenters. The van der Waals surface area contributed by atoms with E-state index in [1.807, 2.05) is 12.3 Å². The summed E-state index contributed by atoms with van der Waals surface area (Å²) in [6.45, 7) is 2.05. The van der Waals surface area contributed by atoms with E-state index in [9.17, 15) is 4.79 Å². The van der Waals surface area contributed by atoms with Gasteiger partial charge in [0.05, 0.1) is 17.3 Å². The molecule has 3 N–H and O–H groups in total. The van der Waals surface area contributed by atoms with Gasteiger partial charge in [0.25, 0.3) is 5.91 Å². The Morgan fingerprint density at radius 2 is 1.96 bits per heavy atom. The highest BCUT2D eigenvalue weighted by atomic mass is 16.2. The van der Waals surface area contributed by atoms with Gasteiger partial charge < -0.3 is 11.1 Å². The average molecular weight is 345 g/mol. The molecule has 1 aliphatic heterocycles. The van der Waals surface area contributed by atoms with Crippen molar-refractivity contribution in [1.29, 1.82) is 0 Å². The first-order valence-electron chi connectivity index (χ1n) is 9.49. The Labute approximate surface area is 153 Å². The van der Waals surface area contributed by atoms with E-state index in [1.54, 1.807) is 0 Å². The van der Waals surface area contributed by atoms with Crippen LogP contribution in [0.5, 0.6) is 0 Å². The fourth-order valence-corrected chi connectivity index (χ4v) is 4.87. The predicted octanol–water partition coefficient (Wildman–Crippen LogP) is 3.74. The number of hydrogen-bond donors (Lipinski definition) is 2. The van der Waals surface area contributed by atoms with Gasteiger partial charge in [-0.3, -0.25) is 9.78 Å². The molecule has 1 fully saturated rings. The van der Waals surface area contributed by atoms with Gasteiger partial charge in [0.2, 0.25) is 0 Å². The summed E-state index contributed by atoms with van der Waals surface area (Å²) in [7, 11) is 0. The van der Waals surface area contributed by atoms with E-state index in [4.69, 9.17) is 5.73 Å². The standard InChI is InChI=1S/C22H23N3O/c1-13-9-17-16(11-19(23)20(17)24-12-13)14-5-6-15-18(10-14)22(25-21(15)26)7-3-2-4-8-22/h5-6,9-12,19H,2-4,7-8,23H2,1H3,(H,25,26)/t19-/m0/s1. The highest BCUT2D eigenvalue weighted by Crippen LogP contribution is 2.45. The molecule has 1 saturated carbocycles. The summed E-state index contributed by atoms with van der Waals surface area (Å²) in [6, 6.07) is 8.24. The smallest absolute Gasteiger partial charge is 0.252 e. The maximum Gasteiger partial charge on any atom is 0.252 e. The average Bonchev–Trinajstić information content (AvgIpc) is 3.10. The van der Waals surface area contributed by atoms with E-state index in [0.29, 0.717) is 0 Å². The molecule has 5 rings (SSSR count). The van der Waals surface area contributed by atoms with Crippen LogP contribution >= 0.6 is 0 Å². The zero-order chi connectivity index (χ0) is 17.9. The van der Waals surface area contributed by atoms with Gasteiger partial charge in [-0.2, -0.15) is 0 Å². The van der Waals surface area contributed by atoms with Crippen LogP contribution in [0.2, 0.25) is 0 Å². The van der Waals surface area contributed by atoms with Crippen molar-refractivity contribution in [2.75, 3.05) is 0 Å². The van der Waals surface area contributed by atoms with E-state index in [1.165, 1.54) is 24.8 Å². The van der Waals surface area contributed by atoms with Crippen molar-refractivity contribution in [2.24, 2.45) is 5.73 Å². The lowest BCUT2D eigenvalue weighted by Crippen LogP contribution is -2.40. The lowest BCUT2D eigenvalue weighted by Gasteiger charge is -2.34. The van der Waals surface area contributed by atoms with Crippen LogP contribution in [0.3, 0.4) is 0 Å². The largest absolute Gasteiger partial charge is 0.342 e. The Morgan fingerprint density at radius 3 is 2.77 bits per heavy atom. The minimum Gasteiger partial charge on any atom is -0.342 e. The maximum atomic E-state index is 12.5. The number of carbonyl (C=O) groups excluding carboxylic acids is 1. The topological polar surface area (TPSA) is 68.0 Å². The van der Waals surface area contributed by atoms with Crippen molar-refractivity contribution >= 4 is 11.5 Å². The van der Waals surface area contributed by atoms with Crippen molar-refractivity contribution < 1.29 is 4.79 Å². The fourth-order valence-electron chi connectivity index (χ4n) is 4.87. The van der Waals surface area contributed by atoms with Crippen molar-refractivity contribution in [3.05, 3.63) is 70.0 Å². The fraction of sp³-hybridized carbons (Fsp3) is 0.364. The Balaban J connectivity index is 1.64. The molecule has 2 aromatic rings. The molecule has 4 nitrogen and oxygen atoms in total. The van der Waals surface area contributed by atoms with Gasteiger partial charge in [-0.25, -0.2) is 0 Å². The first kappa shape index (κ1) is 15.8. The summed E-state index contributed by atoms with van der Waals surface area (Å²) >= 11 is 0. The highest BCUT2D eigenvalue weighted by molar-refractivity contribution is 6.01. The minimum atomic E-state index is -0.171. The molecule has 0 radical (unpaired) electrons. The second-order valence-electron chi connectivity index (χ2n) is 7.91. The summed E-state index contributed by atoms with van der Waals surface area (Å²) in [5.41, 5.74) is 13.6. The van der Waals surface area contributed by atoms with Crippen LogP contribution in [-0.4, -0.2) is 10.9 Å². The van der Waals surface area contributed by atoms with Crippen molar-refractivity contribution in [2.45, 2.75) is 50.6 Å². The molecule has 1 spiro atoms. The molecule has 132 valence electrons. The van der Waals surface area contributed by atoms with Crippen LogP contribution < -0.4 is 11.1 Å².